The molecule has 0 saturated carbocycles. The first-order valence-corrected chi connectivity index (χ1v) is 10.1. The van der Waals surface area contributed by atoms with Crippen molar-refractivity contribution in [2.24, 2.45) is 5.92 Å². The second kappa shape index (κ2) is 7.48. The first kappa shape index (κ1) is 18.4. The third-order valence-corrected chi connectivity index (χ3v) is 6.38. The Bertz CT molecular complexity index is 913. The van der Waals surface area contributed by atoms with Crippen LogP contribution in [0.25, 0.3) is 0 Å². The highest BCUT2D eigenvalue weighted by Crippen LogP contribution is 2.25. The van der Waals surface area contributed by atoms with Crippen LogP contribution in [0, 0.1) is 5.92 Å². The second-order valence-electron chi connectivity index (χ2n) is 5.82. The van der Waals surface area contributed by atoms with Gasteiger partial charge in [-0.2, -0.15) is 0 Å². The van der Waals surface area contributed by atoms with E-state index >= 15 is 0 Å². The summed E-state index contributed by atoms with van der Waals surface area (Å²) < 4.78 is 26.8. The first-order valence-electron chi connectivity index (χ1n) is 7.81. The van der Waals surface area contributed by atoms with E-state index in [4.69, 9.17) is 0 Å². The number of nitrogens with one attached hydrogen (secondary N) is 2. The normalized spacial score (nSPS) is 17.5. The highest BCUT2D eigenvalue weighted by Gasteiger charge is 2.32. The van der Waals surface area contributed by atoms with Crippen LogP contribution < -0.4 is 14.9 Å². The standard InChI is InChI=1S/C15H17N5O4S2/c1-10(21)17-14-18-19-15(25-14)26(23,24)16-8-11-7-13(22)20(9-11)12-5-3-2-4-6-12/h2-6,11,16H,7-9H2,1H3,(H,17,18,21). The van der Waals surface area contributed by atoms with Crippen LogP contribution in [0.4, 0.5) is 10.8 Å². The van der Waals surface area contributed by atoms with Crippen molar-refractivity contribution in [1.29, 1.82) is 0 Å². The lowest BCUT2D eigenvalue weighted by atomic mass is 10.1. The van der Waals surface area contributed by atoms with E-state index in [2.05, 4.69) is 20.2 Å². The van der Waals surface area contributed by atoms with Gasteiger partial charge in [0.05, 0.1) is 0 Å². The summed E-state index contributed by atoms with van der Waals surface area (Å²) >= 11 is 0.767. The number of anilines is 2. The molecule has 1 aromatic heterocycles. The minimum absolute atomic E-state index is 0.0377. The quantitative estimate of drug-likeness (QED) is 0.699. The van der Waals surface area contributed by atoms with Gasteiger partial charge in [0.25, 0.3) is 10.0 Å². The van der Waals surface area contributed by atoms with Crippen molar-refractivity contribution < 1.29 is 18.0 Å². The fourth-order valence-electron chi connectivity index (χ4n) is 2.58. The molecular weight excluding hydrogens is 378 g/mol. The minimum atomic E-state index is -3.85. The summed E-state index contributed by atoms with van der Waals surface area (Å²) in [5, 5.41) is 9.71. The Hall–Kier alpha value is -2.37. The summed E-state index contributed by atoms with van der Waals surface area (Å²) in [4.78, 5) is 24.8. The summed E-state index contributed by atoms with van der Waals surface area (Å²) in [6.07, 6.45) is 0.269. The lowest BCUT2D eigenvalue weighted by Crippen LogP contribution is -2.31. The molecule has 0 spiro atoms. The molecule has 3 rings (SSSR count). The summed E-state index contributed by atoms with van der Waals surface area (Å²) in [5.41, 5.74) is 0.798. The van der Waals surface area contributed by atoms with Crippen LogP contribution in [0.5, 0.6) is 0 Å². The van der Waals surface area contributed by atoms with Gasteiger partial charge < -0.3 is 10.2 Å². The number of hydrogen-bond acceptors (Lipinski definition) is 7. The molecule has 2 aromatic rings. The maximum absolute atomic E-state index is 12.3. The number of hydrogen-bond donors (Lipinski definition) is 2. The molecule has 1 atom stereocenters. The van der Waals surface area contributed by atoms with Crippen molar-refractivity contribution in [1.82, 2.24) is 14.9 Å². The highest BCUT2D eigenvalue weighted by molar-refractivity contribution is 7.91. The molecular formula is C15H17N5O4S2. The Morgan fingerprint density at radius 2 is 2.04 bits per heavy atom. The Morgan fingerprint density at radius 3 is 2.73 bits per heavy atom. The monoisotopic (exact) mass is 395 g/mol. The number of aromatic nitrogens is 2. The van der Waals surface area contributed by atoms with Crippen molar-refractivity contribution in [2.45, 2.75) is 17.7 Å². The Morgan fingerprint density at radius 1 is 1.31 bits per heavy atom. The lowest BCUT2D eigenvalue weighted by Gasteiger charge is -2.16. The van der Waals surface area contributed by atoms with Gasteiger partial charge in [0.1, 0.15) is 0 Å². The summed E-state index contributed by atoms with van der Waals surface area (Å²) in [7, 11) is -3.85. The molecule has 1 aliphatic heterocycles. The highest BCUT2D eigenvalue weighted by atomic mass is 32.2. The van der Waals surface area contributed by atoms with E-state index in [1.54, 1.807) is 4.90 Å². The molecule has 1 saturated heterocycles. The van der Waals surface area contributed by atoms with Crippen molar-refractivity contribution in [3.05, 3.63) is 30.3 Å². The molecule has 2 N–H and O–H groups in total. The number of carbonyl (C=O) groups is 2. The van der Waals surface area contributed by atoms with E-state index < -0.39 is 10.0 Å². The van der Waals surface area contributed by atoms with Gasteiger partial charge in [-0.15, -0.1) is 10.2 Å². The zero-order chi connectivity index (χ0) is 18.7. The van der Waals surface area contributed by atoms with Crippen molar-refractivity contribution in [3.8, 4) is 0 Å². The fraction of sp³-hybridized carbons (Fsp3) is 0.333. The van der Waals surface area contributed by atoms with E-state index in [0.717, 1.165) is 17.0 Å². The van der Waals surface area contributed by atoms with Gasteiger partial charge >= 0.3 is 0 Å². The second-order valence-corrected chi connectivity index (χ2v) is 8.73. The predicted molar refractivity (Wildman–Crippen MR) is 96.3 cm³/mol. The molecule has 1 aliphatic rings. The van der Waals surface area contributed by atoms with Gasteiger partial charge in [-0.05, 0) is 18.1 Å². The molecule has 138 valence electrons. The van der Waals surface area contributed by atoms with Crippen molar-refractivity contribution in [2.75, 3.05) is 23.3 Å². The third-order valence-electron chi connectivity index (χ3n) is 3.75. The molecule has 1 fully saturated rings. The zero-order valence-corrected chi connectivity index (χ0v) is 15.5. The molecule has 0 bridgehead atoms. The van der Waals surface area contributed by atoms with E-state index in [-0.39, 0.29) is 40.2 Å². The maximum atomic E-state index is 12.3. The van der Waals surface area contributed by atoms with E-state index in [0.29, 0.717) is 6.54 Å². The lowest BCUT2D eigenvalue weighted by molar-refractivity contribution is -0.117. The summed E-state index contributed by atoms with van der Waals surface area (Å²) in [5.74, 6) is -0.534. The van der Waals surface area contributed by atoms with Gasteiger partial charge in [-0.3, -0.25) is 9.59 Å². The van der Waals surface area contributed by atoms with Crippen LogP contribution in [0.3, 0.4) is 0 Å². The largest absolute Gasteiger partial charge is 0.312 e. The maximum Gasteiger partial charge on any atom is 0.269 e. The van der Waals surface area contributed by atoms with Crippen molar-refractivity contribution >= 4 is 44.0 Å². The number of rotatable bonds is 6. The average Bonchev–Trinajstić information content (AvgIpc) is 3.20. The van der Waals surface area contributed by atoms with Crippen LogP contribution in [0.1, 0.15) is 13.3 Å². The molecule has 2 amide bonds. The van der Waals surface area contributed by atoms with E-state index in [1.165, 1.54) is 6.92 Å². The average molecular weight is 395 g/mol. The molecule has 1 aromatic carbocycles. The van der Waals surface area contributed by atoms with Gasteiger partial charge in [0.2, 0.25) is 21.3 Å². The molecule has 9 nitrogen and oxygen atoms in total. The Labute approximate surface area is 154 Å². The summed E-state index contributed by atoms with van der Waals surface area (Å²) in [6, 6.07) is 9.25. The van der Waals surface area contributed by atoms with Gasteiger partial charge in [0.15, 0.2) is 0 Å². The molecule has 11 heteroatoms. The number of sulfonamides is 1. The molecule has 1 unspecified atom stereocenters. The topological polar surface area (TPSA) is 121 Å². The zero-order valence-electron chi connectivity index (χ0n) is 13.9. The first-order chi connectivity index (χ1) is 12.3. The number of benzene rings is 1. The fourth-order valence-corrected chi connectivity index (χ4v) is 4.69. The van der Waals surface area contributed by atoms with Crippen LogP contribution in [0.2, 0.25) is 0 Å². The number of nitrogens with zero attached hydrogens (tertiary/aromatic N) is 3. The number of amides is 2. The Balaban J connectivity index is 1.61. The molecule has 26 heavy (non-hydrogen) atoms. The predicted octanol–water partition coefficient (Wildman–Crippen LogP) is 0.828. The van der Waals surface area contributed by atoms with E-state index in [1.807, 2.05) is 30.3 Å². The smallest absolute Gasteiger partial charge is 0.269 e. The van der Waals surface area contributed by atoms with Gasteiger partial charge in [-0.25, -0.2) is 13.1 Å². The van der Waals surface area contributed by atoms with Crippen LogP contribution in [0.15, 0.2) is 34.7 Å². The molecule has 0 radical (unpaired) electrons. The van der Waals surface area contributed by atoms with Gasteiger partial charge in [0, 0.05) is 32.1 Å². The van der Waals surface area contributed by atoms with Crippen LogP contribution in [-0.2, 0) is 19.6 Å². The molecule has 0 aliphatic carbocycles. The third kappa shape index (κ3) is 4.23. The SMILES string of the molecule is CC(=O)Nc1nnc(S(=O)(=O)NCC2CC(=O)N(c3ccccc3)C2)s1. The minimum Gasteiger partial charge on any atom is -0.312 e. The van der Waals surface area contributed by atoms with Crippen molar-refractivity contribution in [3.63, 3.8) is 0 Å². The molecule has 2 heterocycles. The van der Waals surface area contributed by atoms with E-state index in [9.17, 15) is 18.0 Å². The van der Waals surface area contributed by atoms with Crippen LogP contribution in [-0.4, -0.2) is 43.5 Å². The van der Waals surface area contributed by atoms with Gasteiger partial charge in [-0.1, -0.05) is 29.5 Å². The Kier molecular flexibility index (Phi) is 5.30. The number of carbonyl (C=O) groups excluding carboxylic acids is 2. The summed E-state index contributed by atoms with van der Waals surface area (Å²) in [6.45, 7) is 1.86. The number of para-hydroxylation sites is 1. The van der Waals surface area contributed by atoms with Crippen LogP contribution >= 0.6 is 11.3 Å².